The zero-order valence-corrected chi connectivity index (χ0v) is 21.6. The largest absolute Gasteiger partial charge is 0.378 e. The van der Waals surface area contributed by atoms with Crippen LogP contribution in [0.5, 0.6) is 0 Å². The van der Waals surface area contributed by atoms with Crippen molar-refractivity contribution in [2.45, 2.75) is 32.1 Å². The summed E-state index contributed by atoms with van der Waals surface area (Å²) in [5.41, 5.74) is 0.592. The predicted octanol–water partition coefficient (Wildman–Crippen LogP) is 3.52. The van der Waals surface area contributed by atoms with Crippen molar-refractivity contribution in [1.82, 2.24) is 15.1 Å². The van der Waals surface area contributed by atoms with Crippen LogP contribution in [0.1, 0.15) is 32.3 Å². The van der Waals surface area contributed by atoms with Gasteiger partial charge in [0.2, 0.25) is 5.91 Å². The second-order valence-electron chi connectivity index (χ2n) is 8.61. The molecule has 2 aliphatic heterocycles. The summed E-state index contributed by atoms with van der Waals surface area (Å²) in [4.78, 5) is 21.3. The predicted molar refractivity (Wildman–Crippen MR) is 133 cm³/mol. The van der Waals surface area contributed by atoms with Crippen molar-refractivity contribution < 1.29 is 13.9 Å². The molecule has 6 nitrogen and oxygen atoms in total. The topological polar surface area (TPSA) is 57.2 Å². The number of nitrogens with one attached hydrogen (secondary N) is 1. The summed E-state index contributed by atoms with van der Waals surface area (Å²) >= 11 is 6.27. The summed E-state index contributed by atoms with van der Waals surface area (Å²) < 4.78 is 18.7. The highest BCUT2D eigenvalue weighted by Crippen LogP contribution is 2.30. The van der Waals surface area contributed by atoms with Gasteiger partial charge in [-0.1, -0.05) is 31.5 Å². The molecular formula is C22H33ClFIN4O2. The molecule has 1 amide bonds. The van der Waals surface area contributed by atoms with Crippen LogP contribution in [0.2, 0.25) is 5.02 Å². The van der Waals surface area contributed by atoms with Crippen LogP contribution >= 0.6 is 35.6 Å². The Morgan fingerprint density at radius 1 is 1.23 bits per heavy atom. The molecule has 1 aromatic rings. The molecule has 1 N–H and O–H groups in total. The van der Waals surface area contributed by atoms with Gasteiger partial charge in [-0.15, -0.1) is 24.0 Å². The third kappa shape index (κ3) is 6.68. The smallest absolute Gasteiger partial charge is 0.225 e. The Bertz CT molecular complexity index is 779. The number of piperidine rings is 1. The molecule has 0 atom stereocenters. The van der Waals surface area contributed by atoms with Crippen LogP contribution < -0.4 is 5.32 Å². The zero-order chi connectivity index (χ0) is 21.7. The van der Waals surface area contributed by atoms with Gasteiger partial charge in [-0.25, -0.2) is 4.39 Å². The van der Waals surface area contributed by atoms with E-state index in [1.54, 1.807) is 13.1 Å². The zero-order valence-electron chi connectivity index (χ0n) is 18.5. The van der Waals surface area contributed by atoms with E-state index in [4.69, 9.17) is 16.3 Å². The monoisotopic (exact) mass is 566 g/mol. The number of halogens is 3. The van der Waals surface area contributed by atoms with Crippen LogP contribution in [-0.2, 0) is 14.9 Å². The quantitative estimate of drug-likeness (QED) is 0.344. The highest BCUT2D eigenvalue weighted by Gasteiger charge is 2.31. The number of morpholine rings is 1. The normalized spacial score (nSPS) is 18.5. The number of hydrogen-bond donors (Lipinski definition) is 1. The first-order valence-corrected chi connectivity index (χ1v) is 11.0. The van der Waals surface area contributed by atoms with Crippen molar-refractivity contribution in [3.05, 3.63) is 34.6 Å². The van der Waals surface area contributed by atoms with Gasteiger partial charge in [-0.2, -0.15) is 0 Å². The van der Waals surface area contributed by atoms with Crippen molar-refractivity contribution in [2.75, 3.05) is 53.0 Å². The number of likely N-dealkylation sites (tertiary alicyclic amines) is 1. The van der Waals surface area contributed by atoms with Crippen molar-refractivity contribution in [2.24, 2.45) is 10.9 Å². The number of carbonyl (C=O) groups is 1. The number of guanidine groups is 1. The number of aliphatic imine (C=N–C) groups is 1. The van der Waals surface area contributed by atoms with E-state index in [0.29, 0.717) is 37.9 Å². The fourth-order valence-corrected chi connectivity index (χ4v) is 4.57. The SMILES string of the molecule is CN=C(NCC(C)(C)c1ccc(F)cc1Cl)N1CCC(C(=O)N2CCOCC2)CC1.I. The van der Waals surface area contributed by atoms with Crippen LogP contribution in [0, 0.1) is 11.7 Å². The number of hydrogen-bond acceptors (Lipinski definition) is 3. The molecule has 1 aromatic carbocycles. The Kier molecular flexibility index (Phi) is 9.82. The molecular weight excluding hydrogens is 534 g/mol. The average molecular weight is 567 g/mol. The molecule has 174 valence electrons. The lowest BCUT2D eigenvalue weighted by molar-refractivity contribution is -0.140. The maximum atomic E-state index is 13.4. The molecule has 0 aromatic heterocycles. The highest BCUT2D eigenvalue weighted by molar-refractivity contribution is 14.0. The summed E-state index contributed by atoms with van der Waals surface area (Å²) in [7, 11) is 1.77. The number of nitrogens with zero attached hydrogens (tertiary/aromatic N) is 3. The van der Waals surface area contributed by atoms with Gasteiger partial charge < -0.3 is 19.9 Å². The van der Waals surface area contributed by atoms with Gasteiger partial charge in [0.25, 0.3) is 0 Å². The van der Waals surface area contributed by atoms with Crippen molar-refractivity contribution in [3.8, 4) is 0 Å². The van der Waals surface area contributed by atoms with E-state index in [-0.39, 0.29) is 47.0 Å². The van der Waals surface area contributed by atoms with E-state index < -0.39 is 0 Å². The molecule has 0 bridgehead atoms. The maximum Gasteiger partial charge on any atom is 0.225 e. The Hall–Kier alpha value is -1.13. The van der Waals surface area contributed by atoms with Crippen molar-refractivity contribution >= 4 is 47.4 Å². The lowest BCUT2D eigenvalue weighted by atomic mass is 9.84. The van der Waals surface area contributed by atoms with Gasteiger partial charge >= 0.3 is 0 Å². The molecule has 2 fully saturated rings. The lowest BCUT2D eigenvalue weighted by Gasteiger charge is -2.37. The molecule has 31 heavy (non-hydrogen) atoms. The number of rotatable bonds is 4. The van der Waals surface area contributed by atoms with E-state index in [0.717, 1.165) is 37.5 Å². The number of benzene rings is 1. The van der Waals surface area contributed by atoms with E-state index in [1.807, 2.05) is 4.90 Å². The Morgan fingerprint density at radius 3 is 2.45 bits per heavy atom. The Morgan fingerprint density at radius 2 is 1.87 bits per heavy atom. The summed E-state index contributed by atoms with van der Waals surface area (Å²) in [6.07, 6.45) is 1.65. The molecule has 2 aliphatic rings. The number of ether oxygens (including phenoxy) is 1. The minimum absolute atomic E-state index is 0. The summed E-state index contributed by atoms with van der Waals surface area (Å²) in [5, 5.41) is 3.87. The number of amides is 1. The molecule has 0 saturated carbocycles. The molecule has 0 spiro atoms. The fourth-order valence-electron chi connectivity index (χ4n) is 4.15. The van der Waals surface area contributed by atoms with Gasteiger partial charge in [0.1, 0.15) is 5.82 Å². The standard InChI is InChI=1S/C22H32ClFN4O2.HI/c1-22(2,18-5-4-17(24)14-19(18)23)15-26-21(25-3)28-8-6-16(7-9-28)20(29)27-10-12-30-13-11-27;/h4-5,14,16H,6-13,15H2,1-3H3,(H,25,26);1H. The van der Waals surface area contributed by atoms with Gasteiger partial charge in [-0.05, 0) is 30.5 Å². The Balaban J connectivity index is 0.00000341. The third-order valence-corrected chi connectivity index (χ3v) is 6.34. The molecule has 0 aliphatic carbocycles. The second-order valence-corrected chi connectivity index (χ2v) is 9.01. The minimum Gasteiger partial charge on any atom is -0.378 e. The second kappa shape index (κ2) is 11.7. The molecule has 2 heterocycles. The van der Waals surface area contributed by atoms with Crippen molar-refractivity contribution in [3.63, 3.8) is 0 Å². The first kappa shape index (κ1) is 26.1. The van der Waals surface area contributed by atoms with Gasteiger partial charge in [0.05, 0.1) is 13.2 Å². The molecule has 0 unspecified atom stereocenters. The average Bonchev–Trinajstić information content (AvgIpc) is 2.74. The highest BCUT2D eigenvalue weighted by atomic mass is 127. The number of carbonyl (C=O) groups excluding carboxylic acids is 1. The van der Waals surface area contributed by atoms with Crippen LogP contribution in [-0.4, -0.2) is 74.7 Å². The summed E-state index contributed by atoms with van der Waals surface area (Å²) in [6.45, 7) is 8.99. The van der Waals surface area contributed by atoms with E-state index in [1.165, 1.54) is 12.1 Å². The molecule has 0 radical (unpaired) electrons. The van der Waals surface area contributed by atoms with E-state index in [2.05, 4.69) is 29.1 Å². The van der Waals surface area contributed by atoms with E-state index >= 15 is 0 Å². The van der Waals surface area contributed by atoms with E-state index in [9.17, 15) is 9.18 Å². The van der Waals surface area contributed by atoms with Gasteiger partial charge in [0.15, 0.2) is 5.96 Å². The molecule has 3 rings (SSSR count). The van der Waals surface area contributed by atoms with Gasteiger partial charge in [-0.3, -0.25) is 9.79 Å². The van der Waals surface area contributed by atoms with Gasteiger partial charge in [0, 0.05) is 56.1 Å². The summed E-state index contributed by atoms with van der Waals surface area (Å²) in [5.74, 6) is 0.816. The van der Waals surface area contributed by atoms with Crippen molar-refractivity contribution in [1.29, 1.82) is 0 Å². The first-order valence-electron chi connectivity index (χ1n) is 10.6. The summed E-state index contributed by atoms with van der Waals surface area (Å²) in [6, 6.07) is 4.53. The van der Waals surface area contributed by atoms with Crippen LogP contribution in [0.4, 0.5) is 4.39 Å². The molecule has 2 saturated heterocycles. The maximum absolute atomic E-state index is 13.4. The third-order valence-electron chi connectivity index (χ3n) is 6.03. The lowest BCUT2D eigenvalue weighted by Crippen LogP contribution is -2.51. The Labute approximate surface area is 206 Å². The first-order chi connectivity index (χ1) is 14.3. The van der Waals surface area contributed by atoms with Crippen LogP contribution in [0.3, 0.4) is 0 Å². The van der Waals surface area contributed by atoms with Crippen LogP contribution in [0.15, 0.2) is 23.2 Å². The molecule has 9 heteroatoms. The minimum atomic E-state index is -0.335. The van der Waals surface area contributed by atoms with Crippen LogP contribution in [0.25, 0.3) is 0 Å². The fraction of sp³-hybridized carbons (Fsp3) is 0.636.